The molecule has 194 valence electrons. The first kappa shape index (κ1) is 25.1. The lowest BCUT2D eigenvalue weighted by Gasteiger charge is -2.32. The summed E-state index contributed by atoms with van der Waals surface area (Å²) < 4.78 is 18.6. The van der Waals surface area contributed by atoms with Crippen molar-refractivity contribution < 1.29 is 14.1 Å². The van der Waals surface area contributed by atoms with Crippen LogP contribution < -0.4 is 20.3 Å². The second kappa shape index (κ2) is 10.8. The highest BCUT2D eigenvalue weighted by molar-refractivity contribution is 7.85. The Bertz CT molecular complexity index is 1420. The van der Waals surface area contributed by atoms with Crippen LogP contribution in [0.5, 0.6) is 5.75 Å². The minimum atomic E-state index is -1.13. The summed E-state index contributed by atoms with van der Waals surface area (Å²) >= 11 is 0. The Kier molecular flexibility index (Phi) is 7.34. The van der Waals surface area contributed by atoms with E-state index in [-0.39, 0.29) is 11.4 Å². The molecule has 0 aliphatic carbocycles. The van der Waals surface area contributed by atoms with E-state index < -0.39 is 10.8 Å². The fourth-order valence-corrected chi connectivity index (χ4v) is 5.71. The quantitative estimate of drug-likeness (QED) is 0.243. The molecule has 1 aliphatic rings. The predicted octanol–water partition coefficient (Wildman–Crippen LogP) is 5.54. The van der Waals surface area contributed by atoms with E-state index in [1.54, 1.807) is 7.11 Å². The van der Waals surface area contributed by atoms with E-state index in [9.17, 15) is 9.32 Å². The van der Waals surface area contributed by atoms with Crippen LogP contribution in [0.15, 0.2) is 65.7 Å². The Morgan fingerprint density at radius 1 is 1.11 bits per heavy atom. The maximum absolute atomic E-state index is 12.9. The largest absolute Gasteiger partial charge is 0.494 e. The highest BCUT2D eigenvalue weighted by atomic mass is 32.2. The number of hydrogen-bond acceptors (Lipinski definition) is 7. The van der Waals surface area contributed by atoms with E-state index >= 15 is 0 Å². The van der Waals surface area contributed by atoms with Gasteiger partial charge in [0.25, 0.3) is 0 Å². The number of benzene rings is 2. The van der Waals surface area contributed by atoms with Crippen LogP contribution in [-0.4, -0.2) is 50.8 Å². The van der Waals surface area contributed by atoms with Gasteiger partial charge in [-0.25, -0.2) is 4.98 Å². The molecule has 9 heteroatoms. The zero-order chi connectivity index (χ0) is 25.9. The van der Waals surface area contributed by atoms with Crippen LogP contribution in [0.1, 0.15) is 26.7 Å². The van der Waals surface area contributed by atoms with Crippen molar-refractivity contribution >= 4 is 50.4 Å². The van der Waals surface area contributed by atoms with E-state index in [4.69, 9.17) is 9.72 Å². The van der Waals surface area contributed by atoms with Crippen molar-refractivity contribution in [1.29, 1.82) is 0 Å². The van der Waals surface area contributed by atoms with Gasteiger partial charge in [-0.05, 0) is 43.2 Å². The maximum atomic E-state index is 12.9. The number of anilines is 5. The number of hydrogen-bond donors (Lipinski definition) is 4. The van der Waals surface area contributed by atoms with Gasteiger partial charge in [-0.3, -0.25) is 4.21 Å². The normalized spacial score (nSPS) is 16.7. The Balaban J connectivity index is 1.45. The van der Waals surface area contributed by atoms with Gasteiger partial charge in [0.15, 0.2) is 0 Å². The summed E-state index contributed by atoms with van der Waals surface area (Å²) in [6, 6.07) is 17.6. The first-order valence-corrected chi connectivity index (χ1v) is 13.8. The number of aromatic amines is 1. The second-order valence-corrected chi connectivity index (χ2v) is 11.5. The number of H-pyrrole nitrogens is 1. The molecule has 4 aromatic rings. The van der Waals surface area contributed by atoms with E-state index in [1.165, 1.54) is 0 Å². The standard InChI is InChI=1S/C28H33N5O3S/c1-18(2)37(35)26-9-5-4-8-23(26)30-24-16-27(32-28-21(24)12-13-29-28)31-22-11-10-19(15-25(22)36-3)33-14-6-7-20(34)17-33/h4-5,8-13,15-16,18,20,34H,6-7,14,17H2,1-3H3,(H3,29,30,31,32). The second-order valence-electron chi connectivity index (χ2n) is 9.51. The lowest BCUT2D eigenvalue weighted by Crippen LogP contribution is -2.38. The van der Waals surface area contributed by atoms with E-state index in [0.717, 1.165) is 58.1 Å². The molecule has 0 radical (unpaired) electrons. The molecule has 2 atom stereocenters. The fourth-order valence-electron chi connectivity index (χ4n) is 4.66. The van der Waals surface area contributed by atoms with Gasteiger partial charge in [0.2, 0.25) is 0 Å². The third-order valence-electron chi connectivity index (χ3n) is 6.54. The molecule has 0 saturated carbocycles. The molecule has 4 N–H and O–H groups in total. The SMILES string of the molecule is COc1cc(N2CCCC(O)C2)ccc1Nc1cc(Nc2ccccc2S(=O)C(C)C)c2cc[nH]c2n1. The summed E-state index contributed by atoms with van der Waals surface area (Å²) in [5, 5.41) is 17.9. The molecule has 2 unspecified atom stereocenters. The van der Waals surface area contributed by atoms with Crippen LogP contribution in [0.2, 0.25) is 0 Å². The molecule has 1 aliphatic heterocycles. The summed E-state index contributed by atoms with van der Waals surface area (Å²) in [5.41, 5.74) is 4.19. The van der Waals surface area contributed by atoms with E-state index in [1.807, 2.05) is 74.6 Å². The monoisotopic (exact) mass is 519 g/mol. The number of aromatic nitrogens is 2. The first-order chi connectivity index (χ1) is 17.9. The van der Waals surface area contributed by atoms with Crippen molar-refractivity contribution in [1.82, 2.24) is 9.97 Å². The molecule has 3 heterocycles. The number of piperidine rings is 1. The lowest BCUT2D eigenvalue weighted by molar-refractivity contribution is 0.154. The zero-order valence-corrected chi connectivity index (χ0v) is 22.1. The molecule has 8 nitrogen and oxygen atoms in total. The smallest absolute Gasteiger partial charge is 0.144 e. The van der Waals surface area contributed by atoms with E-state index in [2.05, 4.69) is 20.5 Å². The van der Waals surface area contributed by atoms with Crippen molar-refractivity contribution in [3.8, 4) is 5.75 Å². The summed E-state index contributed by atoms with van der Waals surface area (Å²) in [6.45, 7) is 5.45. The van der Waals surface area contributed by atoms with Gasteiger partial charge < -0.3 is 30.4 Å². The number of nitrogens with one attached hydrogen (secondary N) is 3. The number of rotatable bonds is 8. The number of ether oxygens (including phenoxy) is 1. The average molecular weight is 520 g/mol. The summed E-state index contributed by atoms with van der Waals surface area (Å²) in [5.74, 6) is 1.33. The Labute approximate surface area is 219 Å². The Morgan fingerprint density at radius 2 is 1.95 bits per heavy atom. The number of methoxy groups -OCH3 is 1. The Morgan fingerprint density at radius 3 is 2.73 bits per heavy atom. The number of aliphatic hydroxyl groups is 1. The van der Waals surface area contributed by atoms with Crippen molar-refractivity contribution in [2.24, 2.45) is 0 Å². The van der Waals surface area contributed by atoms with Gasteiger partial charge in [0.05, 0.1) is 46.0 Å². The van der Waals surface area contributed by atoms with Crippen LogP contribution in [0.25, 0.3) is 11.0 Å². The van der Waals surface area contributed by atoms with E-state index in [0.29, 0.717) is 18.1 Å². The maximum Gasteiger partial charge on any atom is 0.144 e. The van der Waals surface area contributed by atoms with Crippen LogP contribution in [0, 0.1) is 0 Å². The zero-order valence-electron chi connectivity index (χ0n) is 21.3. The molecular weight excluding hydrogens is 486 g/mol. The van der Waals surface area contributed by atoms with Gasteiger partial charge in [0, 0.05) is 47.7 Å². The third kappa shape index (κ3) is 5.42. The number of fused-ring (bicyclic) bond motifs is 1. The Hall–Kier alpha value is -3.56. The highest BCUT2D eigenvalue weighted by Crippen LogP contribution is 2.35. The summed E-state index contributed by atoms with van der Waals surface area (Å²) in [6.07, 6.45) is 3.36. The third-order valence-corrected chi connectivity index (χ3v) is 8.19. The number of aliphatic hydroxyl groups excluding tert-OH is 1. The molecule has 2 aromatic heterocycles. The van der Waals surface area contributed by atoms with Crippen LogP contribution in [0.4, 0.5) is 28.6 Å². The average Bonchev–Trinajstić information content (AvgIpc) is 3.38. The number of β-amino-alcohol motifs (C(OH)–C–C–N with tert-alkyl or cyclic N) is 1. The summed E-state index contributed by atoms with van der Waals surface area (Å²) in [7, 11) is 0.518. The number of nitrogens with zero attached hydrogens (tertiary/aromatic N) is 2. The van der Waals surface area contributed by atoms with Crippen molar-refractivity contribution in [3.05, 3.63) is 60.8 Å². The minimum Gasteiger partial charge on any atom is -0.494 e. The van der Waals surface area contributed by atoms with Gasteiger partial charge in [0.1, 0.15) is 17.2 Å². The molecule has 37 heavy (non-hydrogen) atoms. The van der Waals surface area contributed by atoms with Crippen LogP contribution >= 0.6 is 0 Å². The number of para-hydroxylation sites is 1. The molecule has 1 saturated heterocycles. The topological polar surface area (TPSA) is 103 Å². The molecule has 5 rings (SSSR count). The molecule has 1 fully saturated rings. The van der Waals surface area contributed by atoms with Crippen LogP contribution in [0.3, 0.4) is 0 Å². The lowest BCUT2D eigenvalue weighted by atomic mass is 10.1. The highest BCUT2D eigenvalue weighted by Gasteiger charge is 2.20. The molecular formula is C28H33N5O3S. The van der Waals surface area contributed by atoms with Gasteiger partial charge in [-0.2, -0.15) is 0 Å². The minimum absolute atomic E-state index is 0.00790. The van der Waals surface area contributed by atoms with Crippen LogP contribution in [-0.2, 0) is 10.8 Å². The van der Waals surface area contributed by atoms with Gasteiger partial charge in [-0.1, -0.05) is 26.0 Å². The summed E-state index contributed by atoms with van der Waals surface area (Å²) in [4.78, 5) is 10.9. The predicted molar refractivity (Wildman–Crippen MR) is 151 cm³/mol. The first-order valence-electron chi connectivity index (χ1n) is 12.6. The van der Waals surface area contributed by atoms with Gasteiger partial charge >= 0.3 is 0 Å². The fraction of sp³-hybridized carbons (Fsp3) is 0.321. The van der Waals surface area contributed by atoms with Crippen molar-refractivity contribution in [2.45, 2.75) is 42.9 Å². The number of pyridine rings is 1. The molecule has 0 amide bonds. The molecule has 0 bridgehead atoms. The van der Waals surface area contributed by atoms with Crippen molar-refractivity contribution in [3.63, 3.8) is 0 Å². The molecule has 0 spiro atoms. The van der Waals surface area contributed by atoms with Crippen molar-refractivity contribution in [2.75, 3.05) is 35.7 Å². The molecule has 2 aromatic carbocycles. The van der Waals surface area contributed by atoms with Gasteiger partial charge in [-0.15, -0.1) is 0 Å².